The van der Waals surface area contributed by atoms with E-state index in [1.165, 1.54) is 14.2 Å². The minimum absolute atomic E-state index is 0.155. The van der Waals surface area contributed by atoms with Crippen molar-refractivity contribution in [3.05, 3.63) is 48.0 Å². The van der Waals surface area contributed by atoms with Crippen LogP contribution in [0.1, 0.15) is 10.4 Å². The Morgan fingerprint density at radius 2 is 1.79 bits per heavy atom. The lowest BCUT2D eigenvalue weighted by atomic mass is 10.2. The first-order chi connectivity index (χ1) is 13.6. The van der Waals surface area contributed by atoms with Gasteiger partial charge in [0.05, 0.1) is 27.3 Å². The third kappa shape index (κ3) is 4.64. The average Bonchev–Trinajstić information content (AvgIpc) is 2.75. The lowest BCUT2D eigenvalue weighted by molar-refractivity contribution is -0.120. The second-order valence-corrected chi connectivity index (χ2v) is 6.05. The Balaban J connectivity index is 1.45. The van der Waals surface area contributed by atoms with Gasteiger partial charge in [-0.3, -0.25) is 9.59 Å². The lowest BCUT2D eigenvalue weighted by Crippen LogP contribution is -2.44. The number of rotatable bonds is 7. The molecule has 2 aromatic rings. The summed E-state index contributed by atoms with van der Waals surface area (Å²) in [5.41, 5.74) is 0.367. The molecule has 8 heteroatoms. The average molecular weight is 386 g/mol. The summed E-state index contributed by atoms with van der Waals surface area (Å²) in [6.07, 6.45) is -0.291. The Bertz CT molecular complexity index is 854. The number of carbonyl (C=O) groups excluding carboxylic acids is 2. The van der Waals surface area contributed by atoms with Crippen LogP contribution in [-0.2, 0) is 4.79 Å². The van der Waals surface area contributed by atoms with Crippen LogP contribution in [0.4, 0.5) is 0 Å². The van der Waals surface area contributed by atoms with Crippen LogP contribution in [0.5, 0.6) is 23.0 Å². The Hall–Kier alpha value is -3.42. The van der Waals surface area contributed by atoms with Crippen molar-refractivity contribution in [2.24, 2.45) is 0 Å². The largest absolute Gasteiger partial charge is 0.493 e. The van der Waals surface area contributed by atoms with Crippen molar-refractivity contribution in [2.75, 3.05) is 33.9 Å². The summed E-state index contributed by atoms with van der Waals surface area (Å²) in [5.74, 6) is 1.59. The number of methoxy groups -OCH3 is 2. The number of hydrogen-bond acceptors (Lipinski definition) is 6. The number of para-hydroxylation sites is 2. The molecule has 2 amide bonds. The zero-order valence-corrected chi connectivity index (χ0v) is 15.7. The molecule has 3 rings (SSSR count). The van der Waals surface area contributed by atoms with Crippen LogP contribution in [0.15, 0.2) is 42.5 Å². The Kier molecular flexibility index (Phi) is 6.21. The van der Waals surface area contributed by atoms with Crippen molar-refractivity contribution in [2.45, 2.75) is 6.10 Å². The van der Waals surface area contributed by atoms with E-state index < -0.39 is 0 Å². The molecule has 0 radical (unpaired) electrons. The molecule has 1 aliphatic rings. The second-order valence-electron chi connectivity index (χ2n) is 6.05. The van der Waals surface area contributed by atoms with Crippen LogP contribution in [0.2, 0.25) is 0 Å². The molecule has 0 bridgehead atoms. The first-order valence-corrected chi connectivity index (χ1v) is 8.76. The molecular formula is C20H22N2O6. The van der Waals surface area contributed by atoms with E-state index in [1.54, 1.807) is 18.2 Å². The topological polar surface area (TPSA) is 95.1 Å². The zero-order chi connectivity index (χ0) is 19.9. The van der Waals surface area contributed by atoms with Crippen molar-refractivity contribution < 1.29 is 28.5 Å². The molecule has 0 saturated carbocycles. The van der Waals surface area contributed by atoms with Crippen LogP contribution < -0.4 is 29.6 Å². The molecule has 28 heavy (non-hydrogen) atoms. The van der Waals surface area contributed by atoms with Crippen molar-refractivity contribution in [3.8, 4) is 23.0 Å². The molecule has 0 saturated heterocycles. The highest BCUT2D eigenvalue weighted by molar-refractivity contribution is 5.97. The van der Waals surface area contributed by atoms with E-state index in [4.69, 9.17) is 18.9 Å². The SMILES string of the molecule is COc1ccc(C(=O)NCC(=O)NC[C@H]2COc3ccccc3O2)cc1OC. The van der Waals surface area contributed by atoms with Crippen LogP contribution in [0.3, 0.4) is 0 Å². The van der Waals surface area contributed by atoms with E-state index in [0.29, 0.717) is 35.2 Å². The third-order valence-electron chi connectivity index (χ3n) is 4.15. The number of amides is 2. The predicted octanol–water partition coefficient (Wildman–Crippen LogP) is 1.39. The van der Waals surface area contributed by atoms with Crippen LogP contribution >= 0.6 is 0 Å². The van der Waals surface area contributed by atoms with Gasteiger partial charge in [-0.25, -0.2) is 0 Å². The number of nitrogens with one attached hydrogen (secondary N) is 2. The van der Waals surface area contributed by atoms with Gasteiger partial charge in [-0.15, -0.1) is 0 Å². The summed E-state index contributed by atoms with van der Waals surface area (Å²) >= 11 is 0. The number of hydrogen-bond donors (Lipinski definition) is 2. The molecule has 1 heterocycles. The van der Waals surface area contributed by atoms with Crippen molar-refractivity contribution in [1.82, 2.24) is 10.6 Å². The number of benzene rings is 2. The summed E-state index contributed by atoms with van der Waals surface area (Å²) in [6.45, 7) is 0.464. The fraction of sp³-hybridized carbons (Fsp3) is 0.300. The molecule has 0 unspecified atom stereocenters. The Morgan fingerprint density at radius 3 is 2.54 bits per heavy atom. The van der Waals surface area contributed by atoms with Gasteiger partial charge >= 0.3 is 0 Å². The van der Waals surface area contributed by atoms with Crippen LogP contribution in [0.25, 0.3) is 0 Å². The fourth-order valence-electron chi connectivity index (χ4n) is 2.69. The highest BCUT2D eigenvalue weighted by Gasteiger charge is 2.21. The van der Waals surface area contributed by atoms with E-state index in [1.807, 2.05) is 24.3 Å². The third-order valence-corrected chi connectivity index (χ3v) is 4.15. The van der Waals surface area contributed by atoms with Crippen LogP contribution in [0, 0.1) is 0 Å². The monoisotopic (exact) mass is 386 g/mol. The van der Waals surface area contributed by atoms with Gasteiger partial charge in [-0.05, 0) is 30.3 Å². The first-order valence-electron chi connectivity index (χ1n) is 8.76. The summed E-state index contributed by atoms with van der Waals surface area (Å²) in [7, 11) is 3.00. The Morgan fingerprint density at radius 1 is 1.04 bits per heavy atom. The molecule has 2 N–H and O–H groups in total. The standard InChI is InChI=1S/C20H22N2O6/c1-25-15-8-7-13(9-18(15)26-2)20(24)22-11-19(23)21-10-14-12-27-16-5-3-4-6-17(16)28-14/h3-9,14H,10-12H2,1-2H3,(H,21,23)(H,22,24)/t14-/m0/s1. The van der Waals surface area contributed by atoms with Gasteiger partial charge in [0.2, 0.25) is 5.91 Å². The second kappa shape index (κ2) is 8.98. The summed E-state index contributed by atoms with van der Waals surface area (Å²) in [4.78, 5) is 24.3. The number of carbonyl (C=O) groups is 2. The fourth-order valence-corrected chi connectivity index (χ4v) is 2.69. The van der Waals surface area contributed by atoms with Gasteiger partial charge in [0.1, 0.15) is 12.7 Å². The maximum absolute atomic E-state index is 12.2. The highest BCUT2D eigenvalue weighted by Crippen LogP contribution is 2.30. The molecule has 8 nitrogen and oxygen atoms in total. The van der Waals surface area contributed by atoms with Gasteiger partial charge in [-0.1, -0.05) is 12.1 Å². The number of ether oxygens (including phenoxy) is 4. The van der Waals surface area contributed by atoms with Gasteiger partial charge in [0.25, 0.3) is 5.91 Å². The quantitative estimate of drug-likeness (QED) is 0.747. The Labute approximate surface area is 162 Å². The summed E-state index contributed by atoms with van der Waals surface area (Å²) in [5, 5.41) is 5.30. The predicted molar refractivity (Wildman–Crippen MR) is 101 cm³/mol. The molecule has 0 aliphatic carbocycles. The maximum Gasteiger partial charge on any atom is 0.251 e. The smallest absolute Gasteiger partial charge is 0.251 e. The van der Waals surface area contributed by atoms with Crippen LogP contribution in [-0.4, -0.2) is 51.8 Å². The molecule has 148 valence electrons. The zero-order valence-electron chi connectivity index (χ0n) is 15.7. The van der Waals surface area contributed by atoms with Crippen molar-refractivity contribution >= 4 is 11.8 Å². The van der Waals surface area contributed by atoms with Crippen molar-refractivity contribution in [1.29, 1.82) is 0 Å². The summed E-state index contributed by atoms with van der Waals surface area (Å²) < 4.78 is 21.7. The molecule has 0 aromatic heterocycles. The van der Waals surface area contributed by atoms with Gasteiger partial charge in [0.15, 0.2) is 23.0 Å². The maximum atomic E-state index is 12.2. The molecule has 0 fully saturated rings. The van der Waals surface area contributed by atoms with Crippen molar-refractivity contribution in [3.63, 3.8) is 0 Å². The molecular weight excluding hydrogens is 364 g/mol. The molecule has 1 atom stereocenters. The number of fused-ring (bicyclic) bond motifs is 1. The van der Waals surface area contributed by atoms with E-state index in [9.17, 15) is 9.59 Å². The summed E-state index contributed by atoms with van der Waals surface area (Å²) in [6, 6.07) is 12.1. The normalized spacial score (nSPS) is 14.7. The van der Waals surface area contributed by atoms with Gasteiger partial charge in [0, 0.05) is 5.56 Å². The van der Waals surface area contributed by atoms with E-state index >= 15 is 0 Å². The minimum Gasteiger partial charge on any atom is -0.493 e. The van der Waals surface area contributed by atoms with Gasteiger partial charge < -0.3 is 29.6 Å². The highest BCUT2D eigenvalue weighted by atomic mass is 16.6. The van der Waals surface area contributed by atoms with E-state index in [0.717, 1.165) is 0 Å². The first kappa shape index (κ1) is 19.3. The molecule has 0 spiro atoms. The molecule has 1 aliphatic heterocycles. The minimum atomic E-state index is -0.387. The molecule has 2 aromatic carbocycles. The van der Waals surface area contributed by atoms with E-state index in [-0.39, 0.29) is 31.0 Å². The van der Waals surface area contributed by atoms with E-state index in [2.05, 4.69) is 10.6 Å². The van der Waals surface area contributed by atoms with Gasteiger partial charge in [-0.2, -0.15) is 0 Å². The lowest BCUT2D eigenvalue weighted by Gasteiger charge is -2.26.